The van der Waals surface area contributed by atoms with Gasteiger partial charge in [0.25, 0.3) is 0 Å². The normalized spacial score (nSPS) is 10.9. The number of pyridine rings is 1. The Bertz CT molecular complexity index is 858. The molecule has 0 aliphatic heterocycles. The van der Waals surface area contributed by atoms with E-state index in [1.165, 1.54) is 0 Å². The highest BCUT2D eigenvalue weighted by molar-refractivity contribution is 5.97. The fourth-order valence-corrected chi connectivity index (χ4v) is 2.70. The molecule has 0 aliphatic rings. The van der Waals surface area contributed by atoms with Gasteiger partial charge in [-0.05, 0) is 43.7 Å². The maximum atomic E-state index is 11.2. The molecule has 2 N–H and O–H groups in total. The molecular formula is C19H20N2O4. The van der Waals surface area contributed by atoms with Gasteiger partial charge >= 0.3 is 5.97 Å². The van der Waals surface area contributed by atoms with Gasteiger partial charge in [-0.15, -0.1) is 0 Å². The molecule has 0 bridgehead atoms. The van der Waals surface area contributed by atoms with Gasteiger partial charge in [-0.3, -0.25) is 4.98 Å². The Morgan fingerprint density at radius 3 is 2.96 bits per heavy atom. The average molecular weight is 340 g/mol. The fraction of sp³-hybridized carbons (Fsp3) is 0.263. The molecule has 2 aromatic heterocycles. The first-order valence-corrected chi connectivity index (χ1v) is 8.14. The molecule has 6 heteroatoms. The molecule has 0 aliphatic carbocycles. The molecule has 2 heterocycles. The fourth-order valence-electron chi connectivity index (χ4n) is 2.70. The monoisotopic (exact) mass is 340 g/mol. The number of ether oxygens (including phenoxy) is 1. The first kappa shape index (κ1) is 17.0. The maximum Gasteiger partial charge on any atom is 0.372 e. The standard InChI is InChI=1S/C19H20N2O4/c1-13-17-15(6-2-7-16(17)25-18(13)19(22)23)24-10-4-9-21-12-14-5-3-8-20-11-14/h2-3,5-8,11,21H,4,9-10,12H2,1H3,(H,22,23). The number of carboxylic acids is 1. The number of nitrogens with zero attached hydrogens (tertiary/aromatic N) is 1. The summed E-state index contributed by atoms with van der Waals surface area (Å²) in [4.78, 5) is 15.3. The summed E-state index contributed by atoms with van der Waals surface area (Å²) in [6.07, 6.45) is 4.43. The van der Waals surface area contributed by atoms with Gasteiger partial charge in [-0.2, -0.15) is 0 Å². The number of furan rings is 1. The van der Waals surface area contributed by atoms with Crippen LogP contribution in [0, 0.1) is 6.92 Å². The molecule has 0 unspecified atom stereocenters. The first-order valence-electron chi connectivity index (χ1n) is 8.14. The van der Waals surface area contributed by atoms with Gasteiger partial charge in [-0.1, -0.05) is 12.1 Å². The number of rotatable bonds is 8. The topological polar surface area (TPSA) is 84.6 Å². The number of aryl methyl sites for hydroxylation is 1. The summed E-state index contributed by atoms with van der Waals surface area (Å²) in [5.41, 5.74) is 2.26. The lowest BCUT2D eigenvalue weighted by Gasteiger charge is -2.08. The highest BCUT2D eigenvalue weighted by Gasteiger charge is 2.19. The van der Waals surface area contributed by atoms with Crippen molar-refractivity contribution in [3.63, 3.8) is 0 Å². The highest BCUT2D eigenvalue weighted by atomic mass is 16.5. The van der Waals surface area contributed by atoms with Crippen LogP contribution in [-0.2, 0) is 6.54 Å². The average Bonchev–Trinajstić information content (AvgIpc) is 2.97. The van der Waals surface area contributed by atoms with Crippen LogP contribution in [0.2, 0.25) is 0 Å². The highest BCUT2D eigenvalue weighted by Crippen LogP contribution is 2.33. The van der Waals surface area contributed by atoms with Crippen molar-refractivity contribution in [3.05, 3.63) is 59.6 Å². The predicted octanol–water partition coefficient (Wildman–Crippen LogP) is 3.39. The smallest absolute Gasteiger partial charge is 0.372 e. The third-order valence-electron chi connectivity index (χ3n) is 3.92. The van der Waals surface area contributed by atoms with Crippen LogP contribution in [0.15, 0.2) is 47.1 Å². The van der Waals surface area contributed by atoms with Gasteiger partial charge in [0.1, 0.15) is 11.3 Å². The molecule has 0 fully saturated rings. The SMILES string of the molecule is Cc1c(C(=O)O)oc2cccc(OCCCNCc3cccnc3)c12. The van der Waals surface area contributed by atoms with Crippen molar-refractivity contribution in [3.8, 4) is 5.75 Å². The first-order chi connectivity index (χ1) is 12.2. The van der Waals surface area contributed by atoms with Crippen molar-refractivity contribution < 1.29 is 19.1 Å². The zero-order valence-electron chi connectivity index (χ0n) is 14.0. The second-order valence-corrected chi connectivity index (χ2v) is 5.73. The minimum Gasteiger partial charge on any atom is -0.493 e. The maximum absolute atomic E-state index is 11.2. The van der Waals surface area contributed by atoms with Gasteiger partial charge in [0, 0.05) is 24.5 Å². The molecule has 0 amide bonds. The number of hydrogen-bond donors (Lipinski definition) is 2. The number of hydrogen-bond acceptors (Lipinski definition) is 5. The molecule has 130 valence electrons. The van der Waals surface area contributed by atoms with E-state index in [-0.39, 0.29) is 5.76 Å². The van der Waals surface area contributed by atoms with Gasteiger partial charge < -0.3 is 19.6 Å². The molecule has 0 spiro atoms. The van der Waals surface area contributed by atoms with Gasteiger partial charge in [0.15, 0.2) is 0 Å². The van der Waals surface area contributed by atoms with E-state index in [0.717, 1.165) is 30.5 Å². The summed E-state index contributed by atoms with van der Waals surface area (Å²) in [5, 5.41) is 13.2. The molecule has 0 saturated heterocycles. The van der Waals surface area contributed by atoms with Crippen molar-refractivity contribution in [1.29, 1.82) is 0 Å². The van der Waals surface area contributed by atoms with E-state index in [1.54, 1.807) is 25.3 Å². The second-order valence-electron chi connectivity index (χ2n) is 5.73. The van der Waals surface area contributed by atoms with Gasteiger partial charge in [0.2, 0.25) is 5.76 Å². The van der Waals surface area contributed by atoms with Crippen molar-refractivity contribution >= 4 is 16.9 Å². The van der Waals surface area contributed by atoms with Crippen LogP contribution < -0.4 is 10.1 Å². The van der Waals surface area contributed by atoms with Gasteiger partial charge in [0.05, 0.1) is 12.0 Å². The number of nitrogens with one attached hydrogen (secondary N) is 1. The van der Waals surface area contributed by atoms with Crippen LogP contribution in [0.1, 0.15) is 28.1 Å². The molecule has 0 radical (unpaired) electrons. The van der Waals surface area contributed by atoms with Crippen LogP contribution >= 0.6 is 0 Å². The minimum absolute atomic E-state index is 0.0378. The van der Waals surface area contributed by atoms with E-state index in [9.17, 15) is 9.90 Å². The number of benzene rings is 1. The van der Waals surface area contributed by atoms with Crippen LogP contribution in [-0.4, -0.2) is 29.2 Å². The number of carbonyl (C=O) groups is 1. The Morgan fingerprint density at radius 2 is 2.20 bits per heavy atom. The summed E-state index contributed by atoms with van der Waals surface area (Å²) in [6.45, 7) is 3.85. The second kappa shape index (κ2) is 7.81. The molecule has 3 rings (SSSR count). The van der Waals surface area contributed by atoms with Crippen LogP contribution in [0.3, 0.4) is 0 Å². The van der Waals surface area contributed by atoms with E-state index < -0.39 is 5.97 Å². The third-order valence-corrected chi connectivity index (χ3v) is 3.92. The molecule has 6 nitrogen and oxygen atoms in total. The summed E-state index contributed by atoms with van der Waals surface area (Å²) < 4.78 is 11.2. The zero-order chi connectivity index (χ0) is 17.6. The summed E-state index contributed by atoms with van der Waals surface area (Å²) in [7, 11) is 0. The molecule has 25 heavy (non-hydrogen) atoms. The predicted molar refractivity (Wildman–Crippen MR) is 94.0 cm³/mol. The quantitative estimate of drug-likeness (QED) is 0.612. The van der Waals surface area contributed by atoms with E-state index in [4.69, 9.17) is 9.15 Å². The van der Waals surface area contributed by atoms with Crippen molar-refractivity contribution in [2.24, 2.45) is 0 Å². The minimum atomic E-state index is -1.07. The Balaban J connectivity index is 1.54. The van der Waals surface area contributed by atoms with Gasteiger partial charge in [-0.25, -0.2) is 4.79 Å². The lowest BCUT2D eigenvalue weighted by Crippen LogP contribution is -2.17. The van der Waals surface area contributed by atoms with E-state index >= 15 is 0 Å². The molecule has 1 aromatic carbocycles. The third kappa shape index (κ3) is 3.97. The lowest BCUT2D eigenvalue weighted by atomic mass is 10.1. The number of carboxylic acid groups (broad SMARTS) is 1. The van der Waals surface area contributed by atoms with E-state index in [0.29, 0.717) is 23.5 Å². The largest absolute Gasteiger partial charge is 0.493 e. The Morgan fingerprint density at radius 1 is 1.32 bits per heavy atom. The molecule has 0 saturated carbocycles. The molecular weight excluding hydrogens is 320 g/mol. The molecule has 0 atom stereocenters. The Labute approximate surface area is 145 Å². The zero-order valence-corrected chi connectivity index (χ0v) is 14.0. The van der Waals surface area contributed by atoms with E-state index in [1.807, 2.05) is 24.4 Å². The van der Waals surface area contributed by atoms with E-state index in [2.05, 4.69) is 10.3 Å². The summed E-state index contributed by atoms with van der Waals surface area (Å²) in [6, 6.07) is 9.32. The van der Waals surface area contributed by atoms with Crippen LogP contribution in [0.5, 0.6) is 5.75 Å². The Kier molecular flexibility index (Phi) is 5.30. The lowest BCUT2D eigenvalue weighted by molar-refractivity contribution is 0.0664. The van der Waals surface area contributed by atoms with Crippen LogP contribution in [0.25, 0.3) is 11.0 Å². The van der Waals surface area contributed by atoms with Crippen molar-refractivity contribution in [1.82, 2.24) is 10.3 Å². The Hall–Kier alpha value is -2.86. The van der Waals surface area contributed by atoms with Crippen LogP contribution in [0.4, 0.5) is 0 Å². The number of fused-ring (bicyclic) bond motifs is 1. The number of aromatic nitrogens is 1. The summed E-state index contributed by atoms with van der Waals surface area (Å²) in [5.74, 6) is -0.457. The molecule has 3 aromatic rings. The van der Waals surface area contributed by atoms with Crippen molar-refractivity contribution in [2.45, 2.75) is 19.9 Å². The number of aromatic carboxylic acids is 1. The summed E-state index contributed by atoms with van der Waals surface area (Å²) >= 11 is 0. The van der Waals surface area contributed by atoms with Crippen molar-refractivity contribution in [2.75, 3.05) is 13.2 Å².